The van der Waals surface area contributed by atoms with E-state index in [1.807, 2.05) is 6.08 Å². The molecule has 9 heteroatoms. The third-order valence-electron chi connectivity index (χ3n) is 14.3. The SMILES string of the molecule is CC/C=C\C/C=C\C/C=C\C/C=C\C/C=C\C/C=C\C/C=C\CCCCCCCCCCCCCC(=O)NC(COC1OC(CO)C(O)C(O)C1O)C(O)/C=C/CC/C=C/CCCCCCCCCCCCCCCCC. The maximum absolute atomic E-state index is 13.1. The highest BCUT2D eigenvalue weighted by atomic mass is 16.7. The lowest BCUT2D eigenvalue weighted by Gasteiger charge is -2.40. The summed E-state index contributed by atoms with van der Waals surface area (Å²) in [6.07, 6.45) is 75.9. The Balaban J connectivity index is 2.20. The van der Waals surface area contributed by atoms with Gasteiger partial charge in [0.15, 0.2) is 6.29 Å². The molecule has 9 nitrogen and oxygen atoms in total. The summed E-state index contributed by atoms with van der Waals surface area (Å²) in [6.45, 7) is 3.66. The number of carbonyl (C=O) groups excluding carboxylic acids is 1. The molecule has 0 aromatic heterocycles. The van der Waals surface area contributed by atoms with Crippen molar-refractivity contribution in [3.8, 4) is 0 Å². The molecule has 6 N–H and O–H groups in total. The lowest BCUT2D eigenvalue weighted by atomic mass is 9.99. The largest absolute Gasteiger partial charge is 0.394 e. The van der Waals surface area contributed by atoms with E-state index in [0.717, 1.165) is 96.3 Å². The second kappa shape index (κ2) is 56.1. The zero-order valence-corrected chi connectivity index (χ0v) is 49.2. The van der Waals surface area contributed by atoms with Crippen LogP contribution >= 0.6 is 0 Å². The Morgan fingerprint density at radius 1 is 0.455 bits per heavy atom. The standard InChI is InChI=1S/C68H117NO8/c1-3-5-7-9-11-13-15-17-19-21-23-25-26-27-28-29-30-31-32-33-34-35-36-38-40-42-44-46-48-50-52-54-56-58-64(72)69-61(60-76-68-67(75)66(74)65(73)63(59-70)77-68)62(71)57-55-53-51-49-47-45-43-41-39-37-24-22-20-18-16-14-12-10-8-6-4-2/h5,7,11,13,17,19,23,25,27-28,30-31,33-34,47,49,55,57,61-63,65-68,70-71,73-75H,3-4,6,8-10,12,14-16,18,20-22,24,26,29,32,35-46,48,50-54,56,58-60H2,1-2H3,(H,69,72)/b7-5-,13-11-,19-17-,25-23-,28-27-,31-30-,34-33-,49-47+,57-55+. The van der Waals surface area contributed by atoms with Gasteiger partial charge in [0.2, 0.25) is 5.91 Å². The predicted molar refractivity (Wildman–Crippen MR) is 327 cm³/mol. The molecule has 1 rings (SSSR count). The number of carbonyl (C=O) groups is 1. The van der Waals surface area contributed by atoms with Crippen molar-refractivity contribution < 1.29 is 39.8 Å². The van der Waals surface area contributed by atoms with Crippen molar-refractivity contribution in [2.75, 3.05) is 13.2 Å². The van der Waals surface area contributed by atoms with Gasteiger partial charge in [-0.1, -0.05) is 271 Å². The van der Waals surface area contributed by atoms with Crippen molar-refractivity contribution in [3.05, 3.63) is 109 Å². The monoisotopic (exact) mass is 1080 g/mol. The van der Waals surface area contributed by atoms with Crippen LogP contribution in [0.3, 0.4) is 0 Å². The van der Waals surface area contributed by atoms with Crippen LogP contribution in [-0.2, 0) is 14.3 Å². The first kappa shape index (κ1) is 71.9. The smallest absolute Gasteiger partial charge is 0.220 e. The second-order valence-electron chi connectivity index (χ2n) is 21.5. The van der Waals surface area contributed by atoms with Crippen LogP contribution in [0.1, 0.15) is 258 Å². The second-order valence-corrected chi connectivity index (χ2v) is 21.5. The molecule has 1 amide bonds. The number of unbranched alkanes of at least 4 members (excludes halogenated alkanes) is 27. The molecule has 1 aliphatic heterocycles. The summed E-state index contributed by atoms with van der Waals surface area (Å²) >= 11 is 0. The van der Waals surface area contributed by atoms with Crippen molar-refractivity contribution in [2.24, 2.45) is 0 Å². The van der Waals surface area contributed by atoms with E-state index >= 15 is 0 Å². The number of allylic oxidation sites excluding steroid dienone is 17. The van der Waals surface area contributed by atoms with Gasteiger partial charge in [-0.25, -0.2) is 0 Å². The Labute approximate surface area is 472 Å². The molecule has 0 spiro atoms. The van der Waals surface area contributed by atoms with Gasteiger partial charge in [0.25, 0.3) is 0 Å². The molecule has 0 aromatic carbocycles. The predicted octanol–water partition coefficient (Wildman–Crippen LogP) is 16.5. The fraction of sp³-hybridized carbons (Fsp3) is 0.721. The van der Waals surface area contributed by atoms with Crippen LogP contribution in [-0.4, -0.2) is 87.5 Å². The topological polar surface area (TPSA) is 149 Å². The van der Waals surface area contributed by atoms with Gasteiger partial charge in [-0.3, -0.25) is 4.79 Å². The molecular weight excluding hydrogens is 959 g/mol. The molecular formula is C68H117NO8. The Kier molecular flexibility index (Phi) is 52.4. The normalized spacial score (nSPS) is 19.5. The van der Waals surface area contributed by atoms with Crippen LogP contribution in [0.25, 0.3) is 0 Å². The molecule has 0 aliphatic carbocycles. The van der Waals surface area contributed by atoms with Crippen molar-refractivity contribution >= 4 is 5.91 Å². The van der Waals surface area contributed by atoms with Crippen molar-refractivity contribution in [1.82, 2.24) is 5.32 Å². The number of rotatable bonds is 53. The molecule has 0 radical (unpaired) electrons. The van der Waals surface area contributed by atoms with E-state index in [1.54, 1.807) is 6.08 Å². The quantitative estimate of drug-likeness (QED) is 0.0261. The fourth-order valence-electron chi connectivity index (χ4n) is 9.39. The zero-order chi connectivity index (χ0) is 55.8. The Bertz CT molecular complexity index is 1580. The van der Waals surface area contributed by atoms with Gasteiger partial charge in [-0.05, 0) is 89.9 Å². The van der Waals surface area contributed by atoms with E-state index in [9.17, 15) is 30.3 Å². The molecule has 1 aliphatic rings. The minimum Gasteiger partial charge on any atom is -0.394 e. The number of nitrogens with one attached hydrogen (secondary N) is 1. The number of aliphatic hydroxyl groups is 5. The lowest BCUT2D eigenvalue weighted by molar-refractivity contribution is -0.302. The summed E-state index contributed by atoms with van der Waals surface area (Å²) < 4.78 is 11.3. The van der Waals surface area contributed by atoms with Gasteiger partial charge in [-0.15, -0.1) is 0 Å². The first-order valence-electron chi connectivity index (χ1n) is 31.6. The molecule has 1 saturated heterocycles. The van der Waals surface area contributed by atoms with Gasteiger partial charge in [0, 0.05) is 6.42 Å². The maximum Gasteiger partial charge on any atom is 0.220 e. The average molecular weight is 1080 g/mol. The van der Waals surface area contributed by atoms with Gasteiger partial charge < -0.3 is 40.3 Å². The van der Waals surface area contributed by atoms with Crippen LogP contribution in [0.5, 0.6) is 0 Å². The van der Waals surface area contributed by atoms with E-state index in [-0.39, 0.29) is 12.5 Å². The Morgan fingerprint density at radius 2 is 0.818 bits per heavy atom. The molecule has 0 aromatic rings. The summed E-state index contributed by atoms with van der Waals surface area (Å²) in [5.74, 6) is -0.193. The molecule has 77 heavy (non-hydrogen) atoms. The third kappa shape index (κ3) is 45.3. The number of ether oxygens (including phenoxy) is 2. The summed E-state index contributed by atoms with van der Waals surface area (Å²) in [4.78, 5) is 13.1. The van der Waals surface area contributed by atoms with Crippen LogP contribution in [0.4, 0.5) is 0 Å². The fourth-order valence-corrected chi connectivity index (χ4v) is 9.39. The highest BCUT2D eigenvalue weighted by molar-refractivity contribution is 5.76. The van der Waals surface area contributed by atoms with Gasteiger partial charge in [-0.2, -0.15) is 0 Å². The van der Waals surface area contributed by atoms with Crippen LogP contribution < -0.4 is 5.32 Å². The van der Waals surface area contributed by atoms with Crippen LogP contribution in [0, 0.1) is 0 Å². The maximum atomic E-state index is 13.1. The first-order chi connectivity index (χ1) is 37.8. The highest BCUT2D eigenvalue weighted by Crippen LogP contribution is 2.23. The van der Waals surface area contributed by atoms with E-state index in [0.29, 0.717) is 6.42 Å². The van der Waals surface area contributed by atoms with Crippen molar-refractivity contribution in [3.63, 3.8) is 0 Å². The highest BCUT2D eigenvalue weighted by Gasteiger charge is 2.44. The minimum absolute atomic E-state index is 0.193. The van der Waals surface area contributed by atoms with Crippen molar-refractivity contribution in [2.45, 2.75) is 301 Å². The van der Waals surface area contributed by atoms with Crippen LogP contribution in [0.15, 0.2) is 109 Å². The van der Waals surface area contributed by atoms with Gasteiger partial charge in [0.1, 0.15) is 24.4 Å². The Morgan fingerprint density at radius 3 is 1.25 bits per heavy atom. The Hall–Kier alpha value is -3.15. The van der Waals surface area contributed by atoms with E-state index in [2.05, 4.69) is 116 Å². The van der Waals surface area contributed by atoms with Crippen LogP contribution in [0.2, 0.25) is 0 Å². The molecule has 0 bridgehead atoms. The summed E-state index contributed by atoms with van der Waals surface area (Å²) in [5.41, 5.74) is 0. The van der Waals surface area contributed by atoms with Crippen molar-refractivity contribution in [1.29, 1.82) is 0 Å². The number of hydrogen-bond acceptors (Lipinski definition) is 8. The minimum atomic E-state index is -1.58. The molecule has 0 saturated carbocycles. The van der Waals surface area contributed by atoms with E-state index in [1.165, 1.54) is 141 Å². The summed E-state index contributed by atoms with van der Waals surface area (Å²) in [7, 11) is 0. The first-order valence-corrected chi connectivity index (χ1v) is 31.6. The molecule has 1 fully saturated rings. The van der Waals surface area contributed by atoms with Gasteiger partial charge in [0.05, 0.1) is 25.4 Å². The molecule has 7 unspecified atom stereocenters. The van der Waals surface area contributed by atoms with Gasteiger partial charge >= 0.3 is 0 Å². The zero-order valence-electron chi connectivity index (χ0n) is 49.2. The van der Waals surface area contributed by atoms with E-state index in [4.69, 9.17) is 9.47 Å². The molecule has 1 heterocycles. The molecule has 442 valence electrons. The number of hydrogen-bond donors (Lipinski definition) is 6. The number of amides is 1. The lowest BCUT2D eigenvalue weighted by Crippen LogP contribution is -2.60. The summed E-state index contributed by atoms with van der Waals surface area (Å²) in [6, 6.07) is -0.831. The summed E-state index contributed by atoms with van der Waals surface area (Å²) in [5, 5.41) is 54.6. The molecule has 7 atom stereocenters. The third-order valence-corrected chi connectivity index (χ3v) is 14.3. The van der Waals surface area contributed by atoms with E-state index < -0.39 is 49.5 Å². The average Bonchev–Trinajstić information content (AvgIpc) is 3.43. The number of aliphatic hydroxyl groups excluding tert-OH is 5.